The minimum Gasteiger partial charge on any atom is -0.462 e. The highest BCUT2D eigenvalue weighted by Gasteiger charge is 2.32. The Hall–Kier alpha value is -3.95. The number of esters is 1. The number of nitrogens with one attached hydrogen (secondary N) is 2. The Morgan fingerprint density at radius 3 is 2.26 bits per heavy atom. The number of hydroxylamine groups is 2. The van der Waals surface area contributed by atoms with Crippen LogP contribution >= 0.6 is 0 Å². The van der Waals surface area contributed by atoms with Gasteiger partial charge in [-0.25, -0.2) is 4.79 Å². The number of carbonyl (C=O) groups excluding carboxylic acids is 3. The maximum absolute atomic E-state index is 13.5. The molecule has 2 aromatic carbocycles. The number of hydrazine groups is 1. The third-order valence-electron chi connectivity index (χ3n) is 7.07. The number of amides is 2. The summed E-state index contributed by atoms with van der Waals surface area (Å²) in [6.45, 7) is 9.26. The van der Waals surface area contributed by atoms with Gasteiger partial charge in [0.2, 0.25) is 5.91 Å². The molecule has 1 aromatic heterocycles. The van der Waals surface area contributed by atoms with Crippen LogP contribution in [0.1, 0.15) is 86.3 Å². The third-order valence-corrected chi connectivity index (χ3v) is 7.07. The molecule has 0 fully saturated rings. The van der Waals surface area contributed by atoms with E-state index in [9.17, 15) is 14.4 Å². The quantitative estimate of drug-likeness (QED) is 0.117. The van der Waals surface area contributed by atoms with Crippen molar-refractivity contribution >= 4 is 17.8 Å². The average Bonchev–Trinajstić information content (AvgIpc) is 3.52. The summed E-state index contributed by atoms with van der Waals surface area (Å²) >= 11 is 0. The van der Waals surface area contributed by atoms with Gasteiger partial charge in [-0.05, 0) is 49.6 Å². The number of unbranched alkanes of at least 4 members (excludes halogenated alkanes) is 2. The topological polar surface area (TPSA) is 110 Å². The molecule has 0 radical (unpaired) electrons. The van der Waals surface area contributed by atoms with Gasteiger partial charge in [0.1, 0.15) is 5.76 Å². The van der Waals surface area contributed by atoms with Crippen molar-refractivity contribution in [3.8, 4) is 11.3 Å². The Morgan fingerprint density at radius 1 is 0.881 bits per heavy atom. The van der Waals surface area contributed by atoms with Gasteiger partial charge >= 0.3 is 11.9 Å². The predicted molar refractivity (Wildman–Crippen MR) is 161 cm³/mol. The van der Waals surface area contributed by atoms with E-state index in [-0.39, 0.29) is 23.6 Å². The lowest BCUT2D eigenvalue weighted by Gasteiger charge is -2.34. The number of nitrogens with zero attached hydrogens (tertiary/aromatic N) is 1. The highest BCUT2D eigenvalue weighted by Crippen LogP contribution is 2.24. The minimum absolute atomic E-state index is 0.0516. The van der Waals surface area contributed by atoms with Crippen LogP contribution in [0.2, 0.25) is 0 Å². The molecular weight excluding hydrogens is 534 g/mol. The fraction of sp³-hybridized carbons (Fsp3) is 0.424. The first-order valence-corrected chi connectivity index (χ1v) is 14.8. The van der Waals surface area contributed by atoms with E-state index >= 15 is 0 Å². The van der Waals surface area contributed by atoms with E-state index in [1.165, 1.54) is 0 Å². The predicted octanol–water partition coefficient (Wildman–Crippen LogP) is 6.31. The van der Waals surface area contributed by atoms with Gasteiger partial charge in [0.05, 0.1) is 24.7 Å². The molecule has 0 spiro atoms. The highest BCUT2D eigenvalue weighted by molar-refractivity contribution is 5.94. The van der Waals surface area contributed by atoms with Crippen molar-refractivity contribution in [3.05, 3.63) is 83.6 Å². The van der Waals surface area contributed by atoms with Crippen LogP contribution in [0.4, 0.5) is 0 Å². The van der Waals surface area contributed by atoms with Gasteiger partial charge in [-0.1, -0.05) is 82.5 Å². The number of rotatable bonds is 16. The molecular formula is C33H43N3O6. The van der Waals surface area contributed by atoms with Crippen molar-refractivity contribution in [1.29, 1.82) is 0 Å². The van der Waals surface area contributed by atoms with Gasteiger partial charge in [-0.3, -0.25) is 25.3 Å². The maximum Gasteiger partial charge on any atom is 0.338 e. The van der Waals surface area contributed by atoms with E-state index in [4.69, 9.17) is 14.0 Å². The van der Waals surface area contributed by atoms with Crippen LogP contribution in [-0.2, 0) is 21.0 Å². The van der Waals surface area contributed by atoms with Gasteiger partial charge in [0.15, 0.2) is 5.76 Å². The summed E-state index contributed by atoms with van der Waals surface area (Å²) in [6, 6.07) is 19.7. The zero-order chi connectivity index (χ0) is 30.3. The van der Waals surface area contributed by atoms with Crippen molar-refractivity contribution < 1.29 is 28.4 Å². The minimum atomic E-state index is -0.564. The molecule has 0 saturated carbocycles. The van der Waals surface area contributed by atoms with Crippen molar-refractivity contribution in [2.75, 3.05) is 13.2 Å². The van der Waals surface area contributed by atoms with E-state index < -0.39 is 11.9 Å². The Bertz CT molecular complexity index is 1260. The van der Waals surface area contributed by atoms with E-state index in [0.717, 1.165) is 24.8 Å². The van der Waals surface area contributed by atoms with Crippen molar-refractivity contribution in [1.82, 2.24) is 15.9 Å². The summed E-state index contributed by atoms with van der Waals surface area (Å²) in [5.41, 5.74) is 7.32. The summed E-state index contributed by atoms with van der Waals surface area (Å²) in [5.74, 6) is -1.11. The lowest BCUT2D eigenvalue weighted by Crippen LogP contribution is -2.51. The molecule has 3 aromatic rings. The molecule has 0 bridgehead atoms. The number of hydrogen-bond acceptors (Lipinski definition) is 7. The summed E-state index contributed by atoms with van der Waals surface area (Å²) in [6.07, 6.45) is 4.32. The lowest BCUT2D eigenvalue weighted by atomic mass is 9.90. The van der Waals surface area contributed by atoms with Crippen LogP contribution < -0.4 is 10.9 Å². The summed E-state index contributed by atoms with van der Waals surface area (Å²) in [7, 11) is 0. The Morgan fingerprint density at radius 2 is 1.62 bits per heavy atom. The monoisotopic (exact) mass is 577 g/mol. The fourth-order valence-corrected chi connectivity index (χ4v) is 4.83. The van der Waals surface area contributed by atoms with Gasteiger partial charge < -0.3 is 9.15 Å². The molecule has 1 heterocycles. The number of furan rings is 1. The molecule has 2 amide bonds. The Kier molecular flexibility index (Phi) is 13.3. The zero-order valence-electron chi connectivity index (χ0n) is 25.1. The summed E-state index contributed by atoms with van der Waals surface area (Å²) < 4.78 is 10.8. The molecule has 9 heteroatoms. The second-order valence-electron chi connectivity index (χ2n) is 9.98. The van der Waals surface area contributed by atoms with E-state index in [1.54, 1.807) is 43.3 Å². The zero-order valence-corrected chi connectivity index (χ0v) is 25.1. The van der Waals surface area contributed by atoms with E-state index in [2.05, 4.69) is 17.8 Å². The smallest absolute Gasteiger partial charge is 0.338 e. The highest BCUT2D eigenvalue weighted by atomic mass is 16.7. The van der Waals surface area contributed by atoms with Gasteiger partial charge in [0.25, 0.3) is 0 Å². The standard InChI is InChI=1S/C33H43N3O6/c1-5-9-11-16-27(28(6-2)36(7-3)41-23-24-14-12-10-13-15-24)31(37)34-35-32(38)30-22-21-29(42-30)25-17-19-26(20-18-25)33(39)40-8-4/h10,12-15,17-22,27-28H,5-9,11,16,23H2,1-4H3,(H,34,37)(H,35,38)/t27-,28-/m1/s1. The van der Waals surface area contributed by atoms with Crippen LogP contribution in [0.25, 0.3) is 11.3 Å². The first-order valence-electron chi connectivity index (χ1n) is 14.8. The second kappa shape index (κ2) is 17.1. The summed E-state index contributed by atoms with van der Waals surface area (Å²) in [5, 5.41) is 1.89. The molecule has 0 aliphatic rings. The largest absolute Gasteiger partial charge is 0.462 e. The maximum atomic E-state index is 13.5. The molecule has 0 aliphatic carbocycles. The van der Waals surface area contributed by atoms with E-state index in [0.29, 0.717) is 49.5 Å². The van der Waals surface area contributed by atoms with E-state index in [1.807, 2.05) is 49.2 Å². The SMILES string of the molecule is CCCCC[C@@H](C(=O)NNC(=O)c1ccc(-c2ccc(C(=O)OCC)cc2)o1)[C@@H](CC)N(CC)OCc1ccccc1. The molecule has 0 aliphatic heterocycles. The molecule has 3 rings (SSSR count). The van der Waals surface area contributed by atoms with Crippen LogP contribution in [0.3, 0.4) is 0 Å². The number of benzene rings is 2. The molecule has 2 N–H and O–H groups in total. The fourth-order valence-electron chi connectivity index (χ4n) is 4.83. The normalized spacial score (nSPS) is 12.5. The molecule has 0 unspecified atom stereocenters. The van der Waals surface area contributed by atoms with Gasteiger partial charge in [-0.15, -0.1) is 0 Å². The molecule has 226 valence electrons. The van der Waals surface area contributed by atoms with Crippen molar-refractivity contribution in [3.63, 3.8) is 0 Å². The molecule has 9 nitrogen and oxygen atoms in total. The van der Waals surface area contributed by atoms with Gasteiger partial charge in [-0.2, -0.15) is 5.06 Å². The number of carbonyl (C=O) groups is 3. The first kappa shape index (κ1) is 32.6. The van der Waals surface area contributed by atoms with Crippen LogP contribution in [0, 0.1) is 5.92 Å². The van der Waals surface area contributed by atoms with Crippen molar-refractivity contribution in [2.45, 2.75) is 72.4 Å². The molecule has 0 saturated heterocycles. The lowest BCUT2D eigenvalue weighted by molar-refractivity contribution is -0.206. The van der Waals surface area contributed by atoms with Crippen LogP contribution in [0.15, 0.2) is 71.1 Å². The Balaban J connectivity index is 1.64. The molecule has 2 atom stereocenters. The summed E-state index contributed by atoms with van der Waals surface area (Å²) in [4.78, 5) is 44.4. The molecule has 42 heavy (non-hydrogen) atoms. The number of ether oxygens (including phenoxy) is 1. The average molecular weight is 578 g/mol. The first-order chi connectivity index (χ1) is 20.4. The van der Waals surface area contributed by atoms with Crippen LogP contribution in [-0.4, -0.2) is 42.0 Å². The van der Waals surface area contributed by atoms with Crippen molar-refractivity contribution in [2.24, 2.45) is 5.92 Å². The second-order valence-corrected chi connectivity index (χ2v) is 9.98. The van der Waals surface area contributed by atoms with Crippen LogP contribution in [0.5, 0.6) is 0 Å². The number of hydrogen-bond donors (Lipinski definition) is 2. The third kappa shape index (κ3) is 9.29. The Labute approximate surface area is 248 Å². The van der Waals surface area contributed by atoms with Gasteiger partial charge in [0, 0.05) is 18.2 Å².